The molecule has 0 aliphatic carbocycles. The number of carbonyl (C=O) groups is 3. The van der Waals surface area contributed by atoms with Gasteiger partial charge in [-0.25, -0.2) is 0 Å². The van der Waals surface area contributed by atoms with Crippen LogP contribution in [-0.2, 0) is 14.4 Å². The predicted molar refractivity (Wildman–Crippen MR) is 159 cm³/mol. The molecule has 7 nitrogen and oxygen atoms in total. The Morgan fingerprint density at radius 1 is 0.538 bits per heavy atom. The number of hydrogen-bond acceptors (Lipinski definition) is 3. The van der Waals surface area contributed by atoms with E-state index in [9.17, 15) is 29.7 Å². The molecule has 3 unspecified atom stereocenters. The summed E-state index contributed by atoms with van der Waals surface area (Å²) >= 11 is 0. The molecule has 0 spiro atoms. The summed E-state index contributed by atoms with van der Waals surface area (Å²) < 4.78 is 0.226. The Morgan fingerprint density at radius 2 is 0.846 bits per heavy atom. The van der Waals surface area contributed by atoms with Crippen molar-refractivity contribution in [3.8, 4) is 0 Å². The molecular formula is C32H60NO6+. The van der Waals surface area contributed by atoms with Gasteiger partial charge in [0.25, 0.3) is 0 Å². The molecule has 7 heteroatoms. The normalized spacial score (nSPS) is 15.6. The first-order valence-electron chi connectivity index (χ1n) is 15.7. The smallest absolute Gasteiger partial charge is 0.311 e. The first kappa shape index (κ1) is 37.1. The lowest BCUT2D eigenvalue weighted by atomic mass is 10.00. The minimum absolute atomic E-state index is 0.226. The summed E-state index contributed by atoms with van der Waals surface area (Å²) in [6, 6.07) is 0. The van der Waals surface area contributed by atoms with Crippen LogP contribution in [0.1, 0.15) is 130 Å². The molecule has 0 saturated heterocycles. The molecule has 0 amide bonds. The van der Waals surface area contributed by atoms with Gasteiger partial charge in [0.2, 0.25) is 0 Å². The van der Waals surface area contributed by atoms with E-state index >= 15 is 0 Å². The van der Waals surface area contributed by atoms with Crippen LogP contribution in [0.2, 0.25) is 0 Å². The Balaban J connectivity index is 4.34. The third-order valence-electron chi connectivity index (χ3n) is 7.90. The monoisotopic (exact) mass is 554 g/mol. The molecule has 0 heterocycles. The van der Waals surface area contributed by atoms with Crippen molar-refractivity contribution >= 4 is 17.9 Å². The van der Waals surface area contributed by atoms with E-state index in [1.54, 1.807) is 20.8 Å². The van der Waals surface area contributed by atoms with E-state index in [1.165, 1.54) is 77.0 Å². The fourth-order valence-electron chi connectivity index (χ4n) is 5.59. The van der Waals surface area contributed by atoms with Crippen LogP contribution in [0, 0.1) is 17.8 Å². The molecule has 0 bridgehead atoms. The number of rotatable bonds is 27. The van der Waals surface area contributed by atoms with Crippen molar-refractivity contribution < 1.29 is 34.2 Å². The van der Waals surface area contributed by atoms with Gasteiger partial charge >= 0.3 is 17.9 Å². The van der Waals surface area contributed by atoms with Gasteiger partial charge in [0, 0.05) is 0 Å². The highest BCUT2D eigenvalue weighted by atomic mass is 16.4. The highest BCUT2D eigenvalue weighted by molar-refractivity contribution is 5.70. The van der Waals surface area contributed by atoms with Crippen LogP contribution in [0.15, 0.2) is 12.2 Å². The minimum atomic E-state index is -0.932. The van der Waals surface area contributed by atoms with E-state index in [0.29, 0.717) is 6.54 Å². The third kappa shape index (κ3) is 19.8. The van der Waals surface area contributed by atoms with Crippen LogP contribution in [0.3, 0.4) is 0 Å². The van der Waals surface area contributed by atoms with Gasteiger partial charge < -0.3 is 19.8 Å². The Labute approximate surface area is 238 Å². The second-order valence-corrected chi connectivity index (χ2v) is 11.9. The Morgan fingerprint density at radius 3 is 1.15 bits per heavy atom. The quantitative estimate of drug-likeness (QED) is 0.0543. The molecule has 0 aromatic rings. The number of unbranched alkanes of at least 4 members (excludes halogenated alkanes) is 14. The zero-order valence-electron chi connectivity index (χ0n) is 25.5. The minimum Gasteiger partial charge on any atom is -0.481 e. The van der Waals surface area contributed by atoms with E-state index in [-0.39, 0.29) is 24.1 Å². The number of aliphatic carboxylic acids is 3. The number of quaternary nitrogens is 1. The summed E-state index contributed by atoms with van der Waals surface area (Å²) in [7, 11) is 0. The van der Waals surface area contributed by atoms with Crippen molar-refractivity contribution in [2.45, 2.75) is 130 Å². The fourth-order valence-corrected chi connectivity index (χ4v) is 5.59. The van der Waals surface area contributed by atoms with Crippen LogP contribution in [-0.4, -0.2) is 63.9 Å². The highest BCUT2D eigenvalue weighted by Gasteiger charge is 2.38. The van der Waals surface area contributed by atoms with Gasteiger partial charge in [-0.05, 0) is 52.9 Å². The average Bonchev–Trinajstić information content (AvgIpc) is 2.87. The van der Waals surface area contributed by atoms with E-state index < -0.39 is 35.7 Å². The number of hydrogen-bond donors (Lipinski definition) is 3. The van der Waals surface area contributed by atoms with E-state index in [4.69, 9.17) is 0 Å². The van der Waals surface area contributed by atoms with Crippen molar-refractivity contribution in [3.05, 3.63) is 12.2 Å². The Hall–Kier alpha value is -1.89. The van der Waals surface area contributed by atoms with Gasteiger partial charge in [-0.15, -0.1) is 0 Å². The summed E-state index contributed by atoms with van der Waals surface area (Å²) in [6.45, 7) is 8.42. The fraction of sp³-hybridized carbons (Fsp3) is 0.844. The van der Waals surface area contributed by atoms with Gasteiger partial charge in [-0.3, -0.25) is 14.4 Å². The van der Waals surface area contributed by atoms with Crippen LogP contribution < -0.4 is 0 Å². The molecular weight excluding hydrogens is 494 g/mol. The Bertz CT molecular complexity index is 637. The van der Waals surface area contributed by atoms with Gasteiger partial charge in [0.1, 0.15) is 17.8 Å². The van der Waals surface area contributed by atoms with Crippen molar-refractivity contribution in [3.63, 3.8) is 0 Å². The number of allylic oxidation sites excluding steroid dienone is 2. The summed E-state index contributed by atoms with van der Waals surface area (Å²) in [6.07, 6.45) is 24.3. The summed E-state index contributed by atoms with van der Waals surface area (Å²) in [5.74, 6) is -4.79. The van der Waals surface area contributed by atoms with Crippen LogP contribution in [0.5, 0.6) is 0 Å². The third-order valence-corrected chi connectivity index (χ3v) is 7.90. The van der Waals surface area contributed by atoms with Crippen LogP contribution >= 0.6 is 0 Å². The van der Waals surface area contributed by atoms with E-state index in [2.05, 4.69) is 19.1 Å². The van der Waals surface area contributed by atoms with E-state index in [0.717, 1.165) is 25.7 Å². The first-order valence-corrected chi connectivity index (χ1v) is 15.7. The second-order valence-electron chi connectivity index (χ2n) is 11.9. The molecule has 0 aromatic carbocycles. The number of nitrogens with zero attached hydrogens (tertiary/aromatic N) is 1. The largest absolute Gasteiger partial charge is 0.481 e. The second kappa shape index (κ2) is 22.9. The molecule has 0 saturated carbocycles. The summed E-state index contributed by atoms with van der Waals surface area (Å²) in [4.78, 5) is 34.8. The molecule has 39 heavy (non-hydrogen) atoms. The highest BCUT2D eigenvalue weighted by Crippen LogP contribution is 2.22. The zero-order chi connectivity index (χ0) is 29.5. The SMILES string of the molecule is CC/C=C/CCCCCCCCCCCCCCCC[N+](CC(C)C(=O)O)(CC(C)C(=O)O)CC(C)C(=O)O. The van der Waals surface area contributed by atoms with Crippen LogP contribution in [0.25, 0.3) is 0 Å². The van der Waals surface area contributed by atoms with Crippen molar-refractivity contribution in [2.24, 2.45) is 17.8 Å². The van der Waals surface area contributed by atoms with Gasteiger partial charge in [-0.1, -0.05) is 89.7 Å². The molecule has 0 aromatic heterocycles. The maximum absolute atomic E-state index is 11.6. The van der Waals surface area contributed by atoms with Crippen molar-refractivity contribution in [1.29, 1.82) is 0 Å². The standard InChI is InChI=1S/C32H59NO6/c1-5-6-7-8-9-10-11-12-13-14-15-16-17-18-19-20-21-22-23-33(24-27(2)30(34)35,25-28(3)31(36)37)26-29(4)32(38)39/h6-7,27-29H,5,8-26H2,1-4H3,(H2-,34,35,36,37,38,39)/p+1/b7-6+. The molecule has 0 aliphatic rings. The molecule has 228 valence electrons. The van der Waals surface area contributed by atoms with Crippen molar-refractivity contribution in [1.82, 2.24) is 0 Å². The summed E-state index contributed by atoms with van der Waals surface area (Å²) in [5.41, 5.74) is 0. The first-order chi connectivity index (χ1) is 18.5. The molecule has 3 N–H and O–H groups in total. The number of carboxylic acids is 3. The van der Waals surface area contributed by atoms with E-state index in [1.807, 2.05) is 0 Å². The zero-order valence-corrected chi connectivity index (χ0v) is 25.5. The molecule has 0 fully saturated rings. The molecule has 3 atom stereocenters. The van der Waals surface area contributed by atoms with Crippen molar-refractivity contribution in [2.75, 3.05) is 26.2 Å². The lowest BCUT2D eigenvalue weighted by molar-refractivity contribution is -0.934. The molecule has 0 aliphatic heterocycles. The van der Waals surface area contributed by atoms with Gasteiger partial charge in [0.15, 0.2) is 0 Å². The van der Waals surface area contributed by atoms with Crippen LogP contribution in [0.4, 0.5) is 0 Å². The van der Waals surface area contributed by atoms with Gasteiger partial charge in [-0.2, -0.15) is 0 Å². The molecule has 0 radical (unpaired) electrons. The lowest BCUT2D eigenvalue weighted by Gasteiger charge is -2.42. The Kier molecular flexibility index (Phi) is 21.8. The predicted octanol–water partition coefficient (Wildman–Crippen LogP) is 7.78. The lowest BCUT2D eigenvalue weighted by Crippen LogP contribution is -2.57. The molecule has 0 rings (SSSR count). The average molecular weight is 555 g/mol. The summed E-state index contributed by atoms with van der Waals surface area (Å²) in [5, 5.41) is 28.5. The maximum Gasteiger partial charge on any atom is 0.311 e. The van der Waals surface area contributed by atoms with Gasteiger partial charge in [0.05, 0.1) is 26.2 Å². The number of carboxylic acid groups (broad SMARTS) is 3. The topological polar surface area (TPSA) is 112 Å². The maximum atomic E-state index is 11.6.